The van der Waals surface area contributed by atoms with E-state index >= 15 is 0 Å². The number of hydrogen-bond donors (Lipinski definition) is 1. The lowest BCUT2D eigenvalue weighted by Crippen LogP contribution is -1.97. The van der Waals surface area contributed by atoms with Crippen LogP contribution in [0, 0.1) is 11.6 Å². The first kappa shape index (κ1) is 13.1. The lowest BCUT2D eigenvalue weighted by atomic mass is 10.2. The minimum Gasteiger partial charge on any atom is -0.492 e. The van der Waals surface area contributed by atoms with Crippen molar-refractivity contribution in [1.29, 1.82) is 0 Å². The molecule has 3 nitrogen and oxygen atoms in total. The molecule has 0 spiro atoms. The van der Waals surface area contributed by atoms with Gasteiger partial charge in [0.05, 0.1) is 12.3 Å². The van der Waals surface area contributed by atoms with Crippen LogP contribution in [-0.4, -0.2) is 6.61 Å². The summed E-state index contributed by atoms with van der Waals surface area (Å²) in [7, 11) is 0. The van der Waals surface area contributed by atoms with Crippen LogP contribution in [0.15, 0.2) is 36.4 Å². The average molecular weight is 265 g/mol. The van der Waals surface area contributed by atoms with Gasteiger partial charge in [0.1, 0.15) is 17.3 Å². The van der Waals surface area contributed by atoms with Gasteiger partial charge in [0, 0.05) is 12.1 Å². The number of nitrogens with two attached hydrogens (primary N) is 1. The Balaban J connectivity index is 2.28. The Morgan fingerprint density at radius 3 is 2.58 bits per heavy atom. The number of benzene rings is 2. The molecule has 0 aliphatic rings. The first-order valence-corrected chi connectivity index (χ1v) is 5.75. The van der Waals surface area contributed by atoms with E-state index in [1.807, 2.05) is 6.92 Å². The first-order chi connectivity index (χ1) is 9.10. The van der Waals surface area contributed by atoms with Gasteiger partial charge in [-0.25, -0.2) is 8.78 Å². The molecule has 0 fully saturated rings. The first-order valence-electron chi connectivity index (χ1n) is 5.75. The summed E-state index contributed by atoms with van der Waals surface area (Å²) in [6.07, 6.45) is 0. The van der Waals surface area contributed by atoms with E-state index in [9.17, 15) is 8.78 Å². The van der Waals surface area contributed by atoms with Crippen LogP contribution >= 0.6 is 0 Å². The van der Waals surface area contributed by atoms with Gasteiger partial charge in [0.15, 0.2) is 11.6 Å². The molecule has 0 heterocycles. The summed E-state index contributed by atoms with van der Waals surface area (Å²) in [4.78, 5) is 0. The summed E-state index contributed by atoms with van der Waals surface area (Å²) < 4.78 is 37.0. The Hall–Kier alpha value is -2.30. The van der Waals surface area contributed by atoms with Gasteiger partial charge in [0.2, 0.25) is 0 Å². The van der Waals surface area contributed by atoms with Crippen molar-refractivity contribution in [2.24, 2.45) is 0 Å². The summed E-state index contributed by atoms with van der Waals surface area (Å²) in [5.41, 5.74) is 6.16. The van der Waals surface area contributed by atoms with E-state index in [1.165, 1.54) is 6.07 Å². The number of anilines is 1. The fourth-order valence-corrected chi connectivity index (χ4v) is 1.54. The van der Waals surface area contributed by atoms with Crippen molar-refractivity contribution < 1.29 is 18.3 Å². The van der Waals surface area contributed by atoms with Crippen LogP contribution in [0.5, 0.6) is 17.2 Å². The fourth-order valence-electron chi connectivity index (χ4n) is 1.54. The standard InChI is InChI=1S/C14H13F2NO2/c1-2-18-14-8-10(4-6-12(14)17)19-13-7-9(15)3-5-11(13)16/h3-8H,2,17H2,1H3. The van der Waals surface area contributed by atoms with Crippen molar-refractivity contribution in [3.8, 4) is 17.2 Å². The molecule has 2 rings (SSSR count). The number of rotatable bonds is 4. The highest BCUT2D eigenvalue weighted by Gasteiger charge is 2.08. The van der Waals surface area contributed by atoms with Gasteiger partial charge >= 0.3 is 0 Å². The van der Waals surface area contributed by atoms with E-state index in [2.05, 4.69) is 0 Å². The van der Waals surface area contributed by atoms with Crippen LogP contribution in [0.1, 0.15) is 6.92 Å². The lowest BCUT2D eigenvalue weighted by Gasteiger charge is -2.11. The van der Waals surface area contributed by atoms with Crippen molar-refractivity contribution in [3.63, 3.8) is 0 Å². The number of nitrogen functional groups attached to an aromatic ring is 1. The summed E-state index contributed by atoms with van der Waals surface area (Å²) in [6.45, 7) is 2.27. The summed E-state index contributed by atoms with van der Waals surface area (Å²) in [5.74, 6) is -0.640. The summed E-state index contributed by atoms with van der Waals surface area (Å²) >= 11 is 0. The molecule has 2 aromatic rings. The molecule has 0 unspecified atom stereocenters. The second-order valence-corrected chi connectivity index (χ2v) is 3.81. The molecule has 0 aliphatic heterocycles. The Labute approximate surface area is 109 Å². The molecule has 0 atom stereocenters. The van der Waals surface area contributed by atoms with Crippen molar-refractivity contribution in [1.82, 2.24) is 0 Å². The van der Waals surface area contributed by atoms with E-state index in [-0.39, 0.29) is 5.75 Å². The van der Waals surface area contributed by atoms with Gasteiger partial charge in [-0.15, -0.1) is 0 Å². The molecule has 2 N–H and O–H groups in total. The Bertz CT molecular complexity index is 588. The normalized spacial score (nSPS) is 10.3. The monoisotopic (exact) mass is 265 g/mol. The third kappa shape index (κ3) is 3.13. The van der Waals surface area contributed by atoms with Crippen molar-refractivity contribution in [2.45, 2.75) is 6.92 Å². The van der Waals surface area contributed by atoms with Gasteiger partial charge in [-0.2, -0.15) is 0 Å². The van der Waals surface area contributed by atoms with E-state index in [0.29, 0.717) is 23.8 Å². The molecule has 0 aliphatic carbocycles. The lowest BCUT2D eigenvalue weighted by molar-refractivity contribution is 0.339. The minimum absolute atomic E-state index is 0.188. The third-order valence-electron chi connectivity index (χ3n) is 2.41. The molecule has 0 saturated carbocycles. The number of halogens is 2. The maximum atomic E-state index is 13.4. The molecule has 0 amide bonds. The van der Waals surface area contributed by atoms with E-state index in [1.54, 1.807) is 12.1 Å². The van der Waals surface area contributed by atoms with Gasteiger partial charge < -0.3 is 15.2 Å². The van der Waals surface area contributed by atoms with Crippen LogP contribution < -0.4 is 15.2 Å². The van der Waals surface area contributed by atoms with Gasteiger partial charge in [-0.3, -0.25) is 0 Å². The molecule has 0 saturated heterocycles. The summed E-state index contributed by atoms with van der Waals surface area (Å²) in [6, 6.07) is 7.68. The van der Waals surface area contributed by atoms with Crippen molar-refractivity contribution in [2.75, 3.05) is 12.3 Å². The average Bonchev–Trinajstić information content (AvgIpc) is 2.38. The topological polar surface area (TPSA) is 44.5 Å². The highest BCUT2D eigenvalue weighted by molar-refractivity contribution is 5.56. The number of hydrogen-bond acceptors (Lipinski definition) is 3. The molecular weight excluding hydrogens is 252 g/mol. The maximum absolute atomic E-state index is 13.4. The largest absolute Gasteiger partial charge is 0.492 e. The highest BCUT2D eigenvalue weighted by Crippen LogP contribution is 2.31. The molecule has 0 bridgehead atoms. The molecule has 100 valence electrons. The second kappa shape index (κ2) is 5.56. The van der Waals surface area contributed by atoms with Gasteiger partial charge in [0.25, 0.3) is 0 Å². The Morgan fingerprint density at radius 1 is 1.05 bits per heavy atom. The third-order valence-corrected chi connectivity index (χ3v) is 2.41. The minimum atomic E-state index is -0.642. The second-order valence-electron chi connectivity index (χ2n) is 3.81. The fraction of sp³-hybridized carbons (Fsp3) is 0.143. The maximum Gasteiger partial charge on any atom is 0.165 e. The zero-order valence-electron chi connectivity index (χ0n) is 10.3. The Morgan fingerprint density at radius 2 is 1.84 bits per heavy atom. The molecule has 19 heavy (non-hydrogen) atoms. The smallest absolute Gasteiger partial charge is 0.165 e. The SMILES string of the molecule is CCOc1cc(Oc2cc(F)ccc2F)ccc1N. The van der Waals surface area contributed by atoms with Crippen LogP contribution in [0.25, 0.3) is 0 Å². The molecule has 0 radical (unpaired) electrons. The predicted octanol–water partition coefficient (Wildman–Crippen LogP) is 3.74. The van der Waals surface area contributed by atoms with Crippen LogP contribution in [0.3, 0.4) is 0 Å². The predicted molar refractivity (Wildman–Crippen MR) is 68.5 cm³/mol. The van der Waals surface area contributed by atoms with E-state index in [4.69, 9.17) is 15.2 Å². The summed E-state index contributed by atoms with van der Waals surface area (Å²) in [5, 5.41) is 0. The molecule has 0 aromatic heterocycles. The number of ether oxygens (including phenoxy) is 2. The van der Waals surface area contributed by atoms with Gasteiger partial charge in [-0.1, -0.05) is 0 Å². The zero-order chi connectivity index (χ0) is 13.8. The molecular formula is C14H13F2NO2. The highest BCUT2D eigenvalue weighted by atomic mass is 19.1. The zero-order valence-corrected chi connectivity index (χ0v) is 10.3. The molecule has 5 heteroatoms. The van der Waals surface area contributed by atoms with Crippen LogP contribution in [-0.2, 0) is 0 Å². The van der Waals surface area contributed by atoms with E-state index < -0.39 is 11.6 Å². The molecule has 2 aromatic carbocycles. The van der Waals surface area contributed by atoms with Gasteiger partial charge in [-0.05, 0) is 31.2 Å². The van der Waals surface area contributed by atoms with Crippen molar-refractivity contribution in [3.05, 3.63) is 48.0 Å². The van der Waals surface area contributed by atoms with Crippen LogP contribution in [0.4, 0.5) is 14.5 Å². The van der Waals surface area contributed by atoms with Crippen LogP contribution in [0.2, 0.25) is 0 Å². The quantitative estimate of drug-likeness (QED) is 0.856. The van der Waals surface area contributed by atoms with E-state index in [0.717, 1.165) is 18.2 Å². The van der Waals surface area contributed by atoms with Crippen molar-refractivity contribution >= 4 is 5.69 Å². The Kier molecular flexibility index (Phi) is 3.85.